The molecule has 1 atom stereocenters. The molecule has 92 valence electrons. The summed E-state index contributed by atoms with van der Waals surface area (Å²) in [7, 11) is 0. The highest BCUT2D eigenvalue weighted by Crippen LogP contribution is 2.27. The van der Waals surface area contributed by atoms with Crippen molar-refractivity contribution in [3.63, 3.8) is 0 Å². The van der Waals surface area contributed by atoms with Gasteiger partial charge in [-0.1, -0.05) is 0 Å². The van der Waals surface area contributed by atoms with Crippen LogP contribution in [0.25, 0.3) is 0 Å². The number of nitrogens with zero attached hydrogens (tertiary/aromatic N) is 1. The molecule has 5 heteroatoms. The van der Waals surface area contributed by atoms with Crippen LogP contribution in [0.5, 0.6) is 0 Å². The third-order valence-corrected chi connectivity index (χ3v) is 3.08. The Morgan fingerprint density at radius 2 is 2.12 bits per heavy atom. The molecular formula is C12H16N2O3. The highest BCUT2D eigenvalue weighted by molar-refractivity contribution is 5.96. The summed E-state index contributed by atoms with van der Waals surface area (Å²) in [5, 5.41) is 2.32. The second-order valence-corrected chi connectivity index (χ2v) is 4.34. The zero-order chi connectivity index (χ0) is 12.6. The molecule has 1 aromatic rings. The molecule has 1 aliphatic rings. The van der Waals surface area contributed by atoms with Gasteiger partial charge in [0, 0.05) is 18.5 Å². The monoisotopic (exact) mass is 236 g/mol. The van der Waals surface area contributed by atoms with Crippen molar-refractivity contribution < 1.29 is 14.0 Å². The van der Waals surface area contributed by atoms with Gasteiger partial charge in [-0.2, -0.15) is 0 Å². The molecule has 5 nitrogen and oxygen atoms in total. The lowest BCUT2D eigenvalue weighted by molar-refractivity contribution is -0.121. The first-order valence-corrected chi connectivity index (χ1v) is 5.66. The molecule has 0 radical (unpaired) electrons. The number of aryl methyl sites for hydroxylation is 2. The van der Waals surface area contributed by atoms with Crippen molar-refractivity contribution in [3.05, 3.63) is 23.2 Å². The first-order chi connectivity index (χ1) is 7.99. The molecule has 2 rings (SSSR count). The van der Waals surface area contributed by atoms with Crippen LogP contribution in [0.1, 0.15) is 36.5 Å². The maximum atomic E-state index is 11.7. The van der Waals surface area contributed by atoms with Crippen LogP contribution in [0.2, 0.25) is 0 Å². The molecule has 1 aliphatic heterocycles. The number of rotatable bonds is 2. The normalized spacial score (nSPS) is 18.2. The predicted octanol–water partition coefficient (Wildman–Crippen LogP) is 1.90. The third-order valence-electron chi connectivity index (χ3n) is 3.08. The number of carbonyl (C=O) groups excluding carboxylic acids is 2. The van der Waals surface area contributed by atoms with Crippen LogP contribution in [-0.2, 0) is 4.79 Å². The van der Waals surface area contributed by atoms with E-state index in [0.29, 0.717) is 13.0 Å². The van der Waals surface area contributed by atoms with Gasteiger partial charge in [0.2, 0.25) is 5.91 Å². The van der Waals surface area contributed by atoms with Gasteiger partial charge in [-0.15, -0.1) is 0 Å². The lowest BCUT2D eigenvalue weighted by atomic mass is 10.1. The molecule has 1 fully saturated rings. The first-order valence-electron chi connectivity index (χ1n) is 5.66. The largest absolute Gasteiger partial charge is 0.466 e. The van der Waals surface area contributed by atoms with Crippen LogP contribution in [0.3, 0.4) is 0 Å². The number of nitrogens with one attached hydrogen (secondary N) is 1. The van der Waals surface area contributed by atoms with Crippen LogP contribution in [-0.4, -0.2) is 23.4 Å². The van der Waals surface area contributed by atoms with Crippen LogP contribution < -0.4 is 5.32 Å². The molecule has 1 aromatic heterocycles. The predicted molar refractivity (Wildman–Crippen MR) is 61.5 cm³/mol. The van der Waals surface area contributed by atoms with Gasteiger partial charge in [-0.3, -0.25) is 10.1 Å². The van der Waals surface area contributed by atoms with Gasteiger partial charge in [0.1, 0.15) is 11.5 Å². The number of hydrogen-bond acceptors (Lipinski definition) is 3. The van der Waals surface area contributed by atoms with Crippen molar-refractivity contribution in [1.82, 2.24) is 10.2 Å². The van der Waals surface area contributed by atoms with Gasteiger partial charge in [-0.05, 0) is 26.8 Å². The van der Waals surface area contributed by atoms with E-state index in [1.807, 2.05) is 26.8 Å². The van der Waals surface area contributed by atoms with Crippen molar-refractivity contribution in [2.45, 2.75) is 33.2 Å². The molecule has 0 spiro atoms. The van der Waals surface area contributed by atoms with E-state index in [1.54, 1.807) is 4.90 Å². The minimum atomic E-state index is -0.327. The number of carbonyl (C=O) groups is 2. The van der Waals surface area contributed by atoms with Crippen molar-refractivity contribution in [2.75, 3.05) is 6.54 Å². The van der Waals surface area contributed by atoms with Crippen molar-refractivity contribution in [3.8, 4) is 0 Å². The van der Waals surface area contributed by atoms with Crippen LogP contribution in [0.4, 0.5) is 4.79 Å². The summed E-state index contributed by atoms with van der Waals surface area (Å²) in [6.07, 6.45) is 0.353. The van der Waals surface area contributed by atoms with E-state index in [9.17, 15) is 9.59 Å². The van der Waals surface area contributed by atoms with E-state index in [2.05, 4.69) is 5.32 Å². The number of imide groups is 1. The summed E-state index contributed by atoms with van der Waals surface area (Å²) in [5.74, 6) is 1.44. The molecule has 0 aromatic carbocycles. The summed E-state index contributed by atoms with van der Waals surface area (Å²) in [6, 6.07) is 1.52. The minimum Gasteiger partial charge on any atom is -0.466 e. The van der Waals surface area contributed by atoms with Crippen molar-refractivity contribution in [2.24, 2.45) is 0 Å². The Balaban J connectivity index is 2.20. The SMILES string of the molecule is Cc1cc(C(C)N2CCC(=O)NC2=O)c(C)o1. The molecule has 0 saturated carbocycles. The fourth-order valence-corrected chi connectivity index (χ4v) is 2.18. The summed E-state index contributed by atoms with van der Waals surface area (Å²) in [5.41, 5.74) is 0.993. The van der Waals surface area contributed by atoms with Crippen LogP contribution in [0.15, 0.2) is 10.5 Å². The van der Waals surface area contributed by atoms with Crippen LogP contribution >= 0.6 is 0 Å². The van der Waals surface area contributed by atoms with E-state index in [1.165, 1.54) is 0 Å². The Hall–Kier alpha value is -1.78. The number of furan rings is 1. The summed E-state index contributed by atoms with van der Waals surface area (Å²) in [6.45, 7) is 6.15. The third kappa shape index (κ3) is 2.18. The zero-order valence-electron chi connectivity index (χ0n) is 10.2. The second-order valence-electron chi connectivity index (χ2n) is 4.34. The highest BCUT2D eigenvalue weighted by Gasteiger charge is 2.29. The second kappa shape index (κ2) is 4.24. The van der Waals surface area contributed by atoms with Gasteiger partial charge < -0.3 is 9.32 Å². The van der Waals surface area contributed by atoms with Gasteiger partial charge in [-0.25, -0.2) is 4.79 Å². The molecular weight excluding hydrogens is 220 g/mol. The number of urea groups is 1. The van der Waals surface area contributed by atoms with Gasteiger partial charge >= 0.3 is 6.03 Å². The molecule has 1 N–H and O–H groups in total. The lowest BCUT2D eigenvalue weighted by Crippen LogP contribution is -2.50. The maximum Gasteiger partial charge on any atom is 0.324 e. The topological polar surface area (TPSA) is 62.6 Å². The quantitative estimate of drug-likeness (QED) is 0.853. The Morgan fingerprint density at radius 1 is 1.41 bits per heavy atom. The maximum absolute atomic E-state index is 11.7. The molecule has 1 saturated heterocycles. The van der Waals surface area contributed by atoms with Crippen molar-refractivity contribution >= 4 is 11.9 Å². The summed E-state index contributed by atoms with van der Waals surface area (Å²) < 4.78 is 5.46. The van der Waals surface area contributed by atoms with Gasteiger partial charge in [0.05, 0.1) is 6.04 Å². The molecule has 0 aliphatic carbocycles. The lowest BCUT2D eigenvalue weighted by Gasteiger charge is -2.31. The number of hydrogen-bond donors (Lipinski definition) is 1. The minimum absolute atomic E-state index is 0.0828. The van der Waals surface area contributed by atoms with E-state index in [4.69, 9.17) is 4.42 Å². The average molecular weight is 236 g/mol. The van der Waals surface area contributed by atoms with Gasteiger partial charge in [0.25, 0.3) is 0 Å². The van der Waals surface area contributed by atoms with Crippen LogP contribution in [0, 0.1) is 13.8 Å². The average Bonchev–Trinajstić information content (AvgIpc) is 2.57. The smallest absolute Gasteiger partial charge is 0.324 e. The molecule has 3 amide bonds. The fraction of sp³-hybridized carbons (Fsp3) is 0.500. The molecule has 1 unspecified atom stereocenters. The Kier molecular flexibility index (Phi) is 2.92. The Labute approximate surface area is 99.8 Å². The summed E-state index contributed by atoms with van der Waals surface area (Å²) >= 11 is 0. The molecule has 2 heterocycles. The fourth-order valence-electron chi connectivity index (χ4n) is 2.18. The zero-order valence-corrected chi connectivity index (χ0v) is 10.2. The summed E-state index contributed by atoms with van der Waals surface area (Å²) in [4.78, 5) is 24.4. The van der Waals surface area contributed by atoms with Gasteiger partial charge in [0.15, 0.2) is 0 Å². The number of amides is 3. The molecule has 0 bridgehead atoms. The molecule has 17 heavy (non-hydrogen) atoms. The first kappa shape index (κ1) is 11.7. The van der Waals surface area contributed by atoms with E-state index < -0.39 is 0 Å². The van der Waals surface area contributed by atoms with E-state index in [-0.39, 0.29) is 18.0 Å². The Morgan fingerprint density at radius 3 is 2.65 bits per heavy atom. The standard InChI is InChI=1S/C12H16N2O3/c1-7-6-10(9(3)17-7)8(2)14-5-4-11(15)13-12(14)16/h6,8H,4-5H2,1-3H3,(H,13,15,16). The Bertz CT molecular complexity index is 464. The van der Waals surface area contributed by atoms with Crippen molar-refractivity contribution in [1.29, 1.82) is 0 Å². The van der Waals surface area contributed by atoms with E-state index in [0.717, 1.165) is 17.1 Å². The van der Waals surface area contributed by atoms with E-state index >= 15 is 0 Å². The highest BCUT2D eigenvalue weighted by atomic mass is 16.3.